The summed E-state index contributed by atoms with van der Waals surface area (Å²) in [6, 6.07) is 3.70. The van der Waals surface area contributed by atoms with Gasteiger partial charge in [-0.15, -0.1) is 22.7 Å². The molecule has 7 heteroatoms. The molecule has 0 radical (unpaired) electrons. The minimum atomic E-state index is -4.37. The molecular formula is C12H13F3N2S2. The molecule has 104 valence electrons. The molecule has 2 aromatic heterocycles. The van der Waals surface area contributed by atoms with Crippen molar-refractivity contribution in [3.8, 4) is 0 Å². The molecule has 0 aliphatic carbocycles. The standard InChI is InChI=1S/C12H13F3N2S2/c1-3-16-10(8-5-4-7(2)18-8)9-6-17-11(19-9)12(13,14)15/h4-6,10,16H,3H2,1-2H3. The van der Waals surface area contributed by atoms with Crippen LogP contribution < -0.4 is 5.32 Å². The minimum Gasteiger partial charge on any atom is -0.305 e. The number of aromatic nitrogens is 1. The second-order valence-electron chi connectivity index (χ2n) is 4.00. The molecule has 0 aliphatic rings. The Morgan fingerprint density at radius 2 is 2.00 bits per heavy atom. The number of nitrogens with one attached hydrogen (secondary N) is 1. The van der Waals surface area contributed by atoms with Crippen molar-refractivity contribution in [3.63, 3.8) is 0 Å². The lowest BCUT2D eigenvalue weighted by Gasteiger charge is -2.14. The van der Waals surface area contributed by atoms with Crippen LogP contribution in [0.5, 0.6) is 0 Å². The first kappa shape index (κ1) is 14.5. The summed E-state index contributed by atoms with van der Waals surface area (Å²) in [5.74, 6) is 0. The Hall–Kier alpha value is -0.920. The van der Waals surface area contributed by atoms with Gasteiger partial charge in [-0.1, -0.05) is 6.92 Å². The largest absolute Gasteiger partial charge is 0.443 e. The molecule has 0 spiro atoms. The van der Waals surface area contributed by atoms with Gasteiger partial charge in [0.1, 0.15) is 0 Å². The number of hydrogen-bond acceptors (Lipinski definition) is 4. The van der Waals surface area contributed by atoms with Crippen LogP contribution in [0.25, 0.3) is 0 Å². The van der Waals surface area contributed by atoms with Crippen molar-refractivity contribution >= 4 is 22.7 Å². The molecule has 0 aromatic carbocycles. The lowest BCUT2D eigenvalue weighted by molar-refractivity contribution is -0.137. The molecule has 1 unspecified atom stereocenters. The van der Waals surface area contributed by atoms with Gasteiger partial charge in [-0.25, -0.2) is 4.98 Å². The number of aryl methyl sites for hydroxylation is 1. The smallest absolute Gasteiger partial charge is 0.305 e. The van der Waals surface area contributed by atoms with E-state index in [1.54, 1.807) is 11.3 Å². The minimum absolute atomic E-state index is 0.211. The van der Waals surface area contributed by atoms with Crippen LogP contribution in [0.4, 0.5) is 13.2 Å². The predicted molar refractivity (Wildman–Crippen MR) is 71.7 cm³/mol. The SMILES string of the molecule is CCNC(c1ccc(C)s1)c1cnc(C(F)(F)F)s1. The third-order valence-electron chi connectivity index (χ3n) is 2.50. The molecule has 2 nitrogen and oxygen atoms in total. The van der Waals surface area contributed by atoms with E-state index in [2.05, 4.69) is 10.3 Å². The fourth-order valence-electron chi connectivity index (χ4n) is 1.71. The number of halogens is 3. The van der Waals surface area contributed by atoms with Crippen molar-refractivity contribution in [1.29, 1.82) is 0 Å². The third-order valence-corrected chi connectivity index (χ3v) is 4.68. The van der Waals surface area contributed by atoms with E-state index in [9.17, 15) is 13.2 Å². The van der Waals surface area contributed by atoms with Crippen LogP contribution >= 0.6 is 22.7 Å². The maximum Gasteiger partial charge on any atom is 0.443 e. The summed E-state index contributed by atoms with van der Waals surface area (Å²) < 4.78 is 37.8. The zero-order valence-corrected chi connectivity index (χ0v) is 12.0. The van der Waals surface area contributed by atoms with Crippen LogP contribution in [0.15, 0.2) is 18.3 Å². The highest BCUT2D eigenvalue weighted by atomic mass is 32.1. The molecule has 1 atom stereocenters. The van der Waals surface area contributed by atoms with Crippen LogP contribution in [-0.4, -0.2) is 11.5 Å². The lowest BCUT2D eigenvalue weighted by Crippen LogP contribution is -2.20. The van der Waals surface area contributed by atoms with Crippen molar-refractivity contribution in [1.82, 2.24) is 10.3 Å². The second kappa shape index (κ2) is 5.60. The van der Waals surface area contributed by atoms with Crippen LogP contribution in [0.3, 0.4) is 0 Å². The Labute approximate surface area is 117 Å². The topological polar surface area (TPSA) is 24.9 Å². The fourth-order valence-corrected chi connectivity index (χ4v) is 3.63. The zero-order chi connectivity index (χ0) is 14.0. The fraction of sp³-hybridized carbons (Fsp3) is 0.417. The molecule has 1 N–H and O–H groups in total. The van der Waals surface area contributed by atoms with Gasteiger partial charge in [0.2, 0.25) is 0 Å². The molecule has 2 rings (SSSR count). The van der Waals surface area contributed by atoms with E-state index < -0.39 is 11.2 Å². The van der Waals surface area contributed by atoms with Gasteiger partial charge in [-0.3, -0.25) is 0 Å². The Balaban J connectivity index is 2.32. The summed E-state index contributed by atoms with van der Waals surface area (Å²) in [4.78, 5) is 6.22. The Kier molecular flexibility index (Phi) is 4.27. The van der Waals surface area contributed by atoms with E-state index in [1.807, 2.05) is 26.0 Å². The van der Waals surface area contributed by atoms with Gasteiger partial charge in [-0.2, -0.15) is 13.2 Å². The maximum atomic E-state index is 12.6. The first-order valence-electron chi connectivity index (χ1n) is 5.74. The molecule has 0 fully saturated rings. The van der Waals surface area contributed by atoms with Gasteiger partial charge in [0.05, 0.1) is 6.04 Å². The Morgan fingerprint density at radius 3 is 2.47 bits per heavy atom. The summed E-state index contributed by atoms with van der Waals surface area (Å²) >= 11 is 2.28. The average Bonchev–Trinajstić information content (AvgIpc) is 2.93. The summed E-state index contributed by atoms with van der Waals surface area (Å²) in [7, 11) is 0. The van der Waals surface area contributed by atoms with Gasteiger partial charge in [0, 0.05) is 20.8 Å². The van der Waals surface area contributed by atoms with E-state index in [0.29, 0.717) is 22.8 Å². The molecule has 0 saturated carbocycles. The maximum absolute atomic E-state index is 12.6. The van der Waals surface area contributed by atoms with Gasteiger partial charge >= 0.3 is 6.18 Å². The number of thiophene rings is 1. The second-order valence-corrected chi connectivity index (χ2v) is 6.39. The molecular weight excluding hydrogens is 293 g/mol. The zero-order valence-electron chi connectivity index (χ0n) is 10.4. The molecule has 19 heavy (non-hydrogen) atoms. The van der Waals surface area contributed by atoms with Gasteiger partial charge in [0.25, 0.3) is 0 Å². The summed E-state index contributed by atoms with van der Waals surface area (Å²) in [5, 5.41) is 2.41. The first-order valence-corrected chi connectivity index (χ1v) is 7.37. The van der Waals surface area contributed by atoms with Gasteiger partial charge < -0.3 is 5.32 Å². The van der Waals surface area contributed by atoms with Crippen molar-refractivity contribution in [2.24, 2.45) is 0 Å². The molecule has 0 bridgehead atoms. The van der Waals surface area contributed by atoms with Crippen molar-refractivity contribution in [2.75, 3.05) is 6.54 Å². The number of hydrogen-bond donors (Lipinski definition) is 1. The van der Waals surface area contributed by atoms with Gasteiger partial charge in [0.15, 0.2) is 5.01 Å². The highest BCUT2D eigenvalue weighted by Gasteiger charge is 2.35. The molecule has 0 amide bonds. The van der Waals surface area contributed by atoms with E-state index in [-0.39, 0.29) is 6.04 Å². The van der Waals surface area contributed by atoms with Crippen LogP contribution in [0.1, 0.15) is 32.6 Å². The molecule has 2 heterocycles. The number of alkyl halides is 3. The predicted octanol–water partition coefficient (Wildman–Crippen LogP) is 4.23. The lowest BCUT2D eigenvalue weighted by atomic mass is 10.2. The Bertz CT molecular complexity index is 545. The van der Waals surface area contributed by atoms with E-state index >= 15 is 0 Å². The monoisotopic (exact) mass is 306 g/mol. The quantitative estimate of drug-likeness (QED) is 0.914. The summed E-state index contributed by atoms with van der Waals surface area (Å²) in [6.45, 7) is 4.59. The number of nitrogens with zero attached hydrogens (tertiary/aromatic N) is 1. The summed E-state index contributed by atoms with van der Waals surface area (Å²) in [5.41, 5.74) is 0. The first-order chi connectivity index (χ1) is 8.91. The third kappa shape index (κ3) is 3.34. The molecule has 0 saturated heterocycles. The number of thiazole rings is 1. The van der Waals surface area contributed by atoms with Crippen molar-refractivity contribution < 1.29 is 13.2 Å². The molecule has 0 aliphatic heterocycles. The van der Waals surface area contributed by atoms with E-state index in [0.717, 1.165) is 9.75 Å². The van der Waals surface area contributed by atoms with Gasteiger partial charge in [-0.05, 0) is 25.6 Å². The Morgan fingerprint density at radius 1 is 1.26 bits per heavy atom. The normalized spacial score (nSPS) is 13.7. The van der Waals surface area contributed by atoms with Crippen LogP contribution in [-0.2, 0) is 6.18 Å². The van der Waals surface area contributed by atoms with Crippen LogP contribution in [0.2, 0.25) is 0 Å². The number of rotatable bonds is 4. The van der Waals surface area contributed by atoms with Crippen molar-refractivity contribution in [2.45, 2.75) is 26.1 Å². The highest BCUT2D eigenvalue weighted by molar-refractivity contribution is 7.13. The van der Waals surface area contributed by atoms with E-state index in [1.165, 1.54) is 6.20 Å². The summed E-state index contributed by atoms with van der Waals surface area (Å²) in [6.07, 6.45) is -3.05. The molecule has 2 aromatic rings. The van der Waals surface area contributed by atoms with E-state index in [4.69, 9.17) is 0 Å². The van der Waals surface area contributed by atoms with Crippen LogP contribution in [0, 0.1) is 6.92 Å². The average molecular weight is 306 g/mol. The van der Waals surface area contributed by atoms with Crippen molar-refractivity contribution in [3.05, 3.63) is 38.0 Å². The highest BCUT2D eigenvalue weighted by Crippen LogP contribution is 2.37.